The van der Waals surface area contributed by atoms with Crippen LogP contribution in [0.4, 0.5) is 0 Å². The molecule has 0 unspecified atom stereocenters. The fraction of sp³-hybridized carbons (Fsp3) is 0.667. The number of carbonyl (C=O) groups is 2. The lowest BCUT2D eigenvalue weighted by atomic mass is 10.2. The molecule has 0 aliphatic carbocycles. The van der Waals surface area contributed by atoms with Crippen LogP contribution in [0.15, 0.2) is 11.6 Å². The summed E-state index contributed by atoms with van der Waals surface area (Å²) in [6.07, 6.45) is 2.18. The zero-order valence-corrected chi connectivity index (χ0v) is 10.5. The second-order valence-electron chi connectivity index (χ2n) is 4.34. The van der Waals surface area contributed by atoms with Gasteiger partial charge in [-0.2, -0.15) is 0 Å². The monoisotopic (exact) mass is 227 g/mol. The van der Waals surface area contributed by atoms with E-state index < -0.39 is 5.97 Å². The molecule has 4 nitrogen and oxygen atoms in total. The van der Waals surface area contributed by atoms with Crippen LogP contribution in [0.2, 0.25) is 0 Å². The SMILES string of the molecule is CC(C)=CC(=O)N(CCCC(=O)O)C(C)C. The van der Waals surface area contributed by atoms with Crippen LogP contribution in [0.5, 0.6) is 0 Å². The Morgan fingerprint density at radius 2 is 1.88 bits per heavy atom. The lowest BCUT2D eigenvalue weighted by molar-refractivity contribution is -0.138. The maximum absolute atomic E-state index is 11.8. The Morgan fingerprint density at radius 3 is 2.25 bits per heavy atom. The first-order valence-electron chi connectivity index (χ1n) is 5.52. The largest absolute Gasteiger partial charge is 0.481 e. The van der Waals surface area contributed by atoms with Crippen molar-refractivity contribution in [2.75, 3.05) is 6.54 Å². The fourth-order valence-electron chi connectivity index (χ4n) is 1.35. The van der Waals surface area contributed by atoms with Gasteiger partial charge < -0.3 is 10.0 Å². The summed E-state index contributed by atoms with van der Waals surface area (Å²) in [5.74, 6) is -0.862. The van der Waals surface area contributed by atoms with Gasteiger partial charge in [0.2, 0.25) is 5.91 Å². The van der Waals surface area contributed by atoms with Crippen LogP contribution in [-0.2, 0) is 9.59 Å². The Bertz CT molecular complexity index is 278. The first-order valence-corrected chi connectivity index (χ1v) is 5.52. The first kappa shape index (κ1) is 14.7. The van der Waals surface area contributed by atoms with E-state index in [1.807, 2.05) is 27.7 Å². The maximum Gasteiger partial charge on any atom is 0.303 e. The van der Waals surface area contributed by atoms with Crippen molar-refractivity contribution in [3.8, 4) is 0 Å². The van der Waals surface area contributed by atoms with Gasteiger partial charge in [0.1, 0.15) is 0 Å². The first-order chi connectivity index (χ1) is 7.34. The third-order valence-corrected chi connectivity index (χ3v) is 2.11. The Kier molecular flexibility index (Phi) is 6.46. The summed E-state index contributed by atoms with van der Waals surface area (Å²) >= 11 is 0. The molecule has 0 radical (unpaired) electrons. The number of hydrogen-bond acceptors (Lipinski definition) is 2. The number of aliphatic carboxylic acids is 1. The highest BCUT2D eigenvalue weighted by Gasteiger charge is 2.14. The minimum absolute atomic E-state index is 0.0413. The van der Waals surface area contributed by atoms with E-state index in [0.29, 0.717) is 13.0 Å². The molecule has 1 amide bonds. The van der Waals surface area contributed by atoms with E-state index in [1.54, 1.807) is 11.0 Å². The molecule has 92 valence electrons. The highest BCUT2D eigenvalue weighted by molar-refractivity contribution is 5.88. The van der Waals surface area contributed by atoms with Crippen molar-refractivity contribution in [1.29, 1.82) is 0 Å². The van der Waals surface area contributed by atoms with Crippen LogP contribution in [0, 0.1) is 0 Å². The van der Waals surface area contributed by atoms with Gasteiger partial charge in [0.15, 0.2) is 0 Å². The van der Waals surface area contributed by atoms with Gasteiger partial charge in [-0.15, -0.1) is 0 Å². The molecule has 1 N–H and O–H groups in total. The highest BCUT2D eigenvalue weighted by atomic mass is 16.4. The van der Waals surface area contributed by atoms with Crippen LogP contribution in [0.25, 0.3) is 0 Å². The number of hydrogen-bond donors (Lipinski definition) is 1. The second-order valence-corrected chi connectivity index (χ2v) is 4.34. The van der Waals surface area contributed by atoms with Crippen molar-refractivity contribution in [1.82, 2.24) is 4.90 Å². The summed E-state index contributed by atoms with van der Waals surface area (Å²) in [4.78, 5) is 23.8. The van der Waals surface area contributed by atoms with Gasteiger partial charge in [0, 0.05) is 25.1 Å². The predicted molar refractivity (Wildman–Crippen MR) is 63.1 cm³/mol. The molecule has 0 aliphatic rings. The molecule has 0 fully saturated rings. The van der Waals surface area contributed by atoms with E-state index in [2.05, 4.69) is 0 Å². The van der Waals surface area contributed by atoms with Crippen molar-refractivity contribution in [2.45, 2.75) is 46.6 Å². The summed E-state index contributed by atoms with van der Waals surface area (Å²) in [5, 5.41) is 8.53. The summed E-state index contributed by atoms with van der Waals surface area (Å²) in [5.41, 5.74) is 0.953. The van der Waals surface area contributed by atoms with Crippen molar-refractivity contribution < 1.29 is 14.7 Å². The van der Waals surface area contributed by atoms with Crippen LogP contribution in [0.1, 0.15) is 40.5 Å². The second kappa shape index (κ2) is 7.04. The molecule has 0 bridgehead atoms. The Hall–Kier alpha value is -1.32. The molecular weight excluding hydrogens is 206 g/mol. The average Bonchev–Trinajstić information content (AvgIpc) is 2.09. The van der Waals surface area contributed by atoms with Crippen LogP contribution in [0.3, 0.4) is 0 Å². The zero-order chi connectivity index (χ0) is 12.7. The summed E-state index contributed by atoms with van der Waals surface area (Å²) in [7, 11) is 0. The van der Waals surface area contributed by atoms with Gasteiger partial charge in [0.25, 0.3) is 0 Å². The zero-order valence-electron chi connectivity index (χ0n) is 10.5. The summed E-state index contributed by atoms with van der Waals surface area (Å²) in [6.45, 7) is 8.09. The molecule has 0 saturated carbocycles. The van der Waals surface area contributed by atoms with Crippen molar-refractivity contribution in [3.05, 3.63) is 11.6 Å². The molecule has 0 aromatic carbocycles. The minimum atomic E-state index is -0.821. The van der Waals surface area contributed by atoms with Crippen molar-refractivity contribution >= 4 is 11.9 Å². The van der Waals surface area contributed by atoms with Gasteiger partial charge in [-0.1, -0.05) is 5.57 Å². The van der Waals surface area contributed by atoms with E-state index in [0.717, 1.165) is 5.57 Å². The third kappa shape index (κ3) is 6.22. The third-order valence-electron chi connectivity index (χ3n) is 2.11. The average molecular weight is 227 g/mol. The molecule has 0 aliphatic heterocycles. The van der Waals surface area contributed by atoms with Crippen LogP contribution in [-0.4, -0.2) is 34.5 Å². The molecule has 0 aromatic heterocycles. The normalized spacial score (nSPS) is 10.1. The van der Waals surface area contributed by atoms with E-state index in [4.69, 9.17) is 5.11 Å². The molecule has 0 atom stereocenters. The molecule has 0 aromatic rings. The van der Waals surface area contributed by atoms with Crippen LogP contribution >= 0.6 is 0 Å². The quantitative estimate of drug-likeness (QED) is 0.706. The lowest BCUT2D eigenvalue weighted by Crippen LogP contribution is -2.36. The molecule has 16 heavy (non-hydrogen) atoms. The lowest BCUT2D eigenvalue weighted by Gasteiger charge is -2.25. The van der Waals surface area contributed by atoms with E-state index >= 15 is 0 Å². The molecule has 0 spiro atoms. The van der Waals surface area contributed by atoms with E-state index in [-0.39, 0.29) is 18.4 Å². The summed E-state index contributed by atoms with van der Waals surface area (Å²) in [6, 6.07) is 0.0943. The van der Waals surface area contributed by atoms with Crippen molar-refractivity contribution in [3.63, 3.8) is 0 Å². The van der Waals surface area contributed by atoms with Gasteiger partial charge >= 0.3 is 5.97 Å². The number of carboxylic acids is 1. The fourth-order valence-corrected chi connectivity index (χ4v) is 1.35. The molecule has 0 rings (SSSR count). The summed E-state index contributed by atoms with van der Waals surface area (Å²) < 4.78 is 0. The van der Waals surface area contributed by atoms with Crippen LogP contribution < -0.4 is 0 Å². The molecule has 0 heterocycles. The maximum atomic E-state index is 11.8. The van der Waals surface area contributed by atoms with E-state index in [1.165, 1.54) is 0 Å². The number of allylic oxidation sites excluding steroid dienone is 1. The predicted octanol–water partition coefficient (Wildman–Crippen LogP) is 2.05. The molecule has 0 saturated heterocycles. The number of carboxylic acid groups (broad SMARTS) is 1. The minimum Gasteiger partial charge on any atom is -0.481 e. The Morgan fingerprint density at radius 1 is 1.31 bits per heavy atom. The van der Waals surface area contributed by atoms with Gasteiger partial charge in [-0.25, -0.2) is 0 Å². The standard InChI is InChI=1S/C12H21NO3/c1-9(2)8-11(14)13(10(3)4)7-5-6-12(15)16/h8,10H,5-7H2,1-4H3,(H,15,16). The number of nitrogens with zero attached hydrogens (tertiary/aromatic N) is 1. The molecule has 4 heteroatoms. The Labute approximate surface area is 96.9 Å². The number of amides is 1. The van der Waals surface area contributed by atoms with E-state index in [9.17, 15) is 9.59 Å². The molecular formula is C12H21NO3. The Balaban J connectivity index is 4.33. The topological polar surface area (TPSA) is 57.6 Å². The van der Waals surface area contributed by atoms with Gasteiger partial charge in [0.05, 0.1) is 0 Å². The number of carbonyl (C=O) groups excluding carboxylic acids is 1. The van der Waals surface area contributed by atoms with Gasteiger partial charge in [-0.05, 0) is 34.1 Å². The van der Waals surface area contributed by atoms with Crippen molar-refractivity contribution in [2.24, 2.45) is 0 Å². The number of rotatable bonds is 6. The highest BCUT2D eigenvalue weighted by Crippen LogP contribution is 2.05. The van der Waals surface area contributed by atoms with Gasteiger partial charge in [-0.3, -0.25) is 9.59 Å². The smallest absolute Gasteiger partial charge is 0.303 e.